The van der Waals surface area contributed by atoms with E-state index in [9.17, 15) is 34.5 Å². The van der Waals surface area contributed by atoms with E-state index in [-0.39, 0.29) is 46.2 Å². The smallest absolute Gasteiger partial charge is 0.351 e. The van der Waals surface area contributed by atoms with Crippen molar-refractivity contribution in [3.8, 4) is 0 Å². The Balaban J connectivity index is 2.88. The summed E-state index contributed by atoms with van der Waals surface area (Å²) in [4.78, 5) is 45.9. The molecule has 0 bridgehead atoms. The van der Waals surface area contributed by atoms with E-state index in [1.54, 1.807) is 0 Å². The van der Waals surface area contributed by atoms with Crippen LogP contribution in [0.25, 0.3) is 0 Å². The number of rotatable bonds is 4. The van der Waals surface area contributed by atoms with Crippen LogP contribution in [0.5, 0.6) is 0 Å². The largest absolute Gasteiger partial charge is 0.479 e. The van der Waals surface area contributed by atoms with Crippen LogP contribution in [-0.2, 0) is 47.6 Å². The predicted octanol–water partition coefficient (Wildman–Crippen LogP) is -2.09. The lowest BCUT2D eigenvalue weighted by Crippen LogP contribution is -2.62. The number of carboxylic acids is 4. The van der Waals surface area contributed by atoms with Crippen molar-refractivity contribution in [2.24, 2.45) is 0 Å². The Kier molecular flexibility index (Phi) is 11.2. The van der Waals surface area contributed by atoms with E-state index in [0.29, 0.717) is 0 Å². The summed E-state index contributed by atoms with van der Waals surface area (Å²) >= 11 is 0. The van der Waals surface area contributed by atoms with Crippen LogP contribution < -0.4 is 0 Å². The molecule has 1 rings (SSSR count). The molecule has 1 heterocycles. The van der Waals surface area contributed by atoms with Crippen LogP contribution in [0, 0.1) is 0 Å². The highest BCUT2D eigenvalue weighted by atomic mass is 16.6. The van der Waals surface area contributed by atoms with E-state index in [1.165, 1.54) is 0 Å². The van der Waals surface area contributed by atoms with Gasteiger partial charge in [0.05, 0.1) is 59.5 Å². The lowest BCUT2D eigenvalue weighted by atomic mass is 9.96. The topological polar surface area (TPSA) is 205 Å². The van der Waals surface area contributed by atoms with Gasteiger partial charge in [0.15, 0.2) is 6.10 Å². The number of aliphatic carboxylic acids is 4. The maximum Gasteiger partial charge on any atom is 0.351 e. The SMILES string of the molecule is O=C(O)C1COCCOCCOC(C(=O)O)(C(=O)O)C(C(=O)O)OCCOCCO1. The fourth-order valence-corrected chi connectivity index (χ4v) is 2.32. The van der Waals surface area contributed by atoms with Gasteiger partial charge in [0.2, 0.25) is 6.10 Å². The highest BCUT2D eigenvalue weighted by Gasteiger charge is 2.59. The maximum absolute atomic E-state index is 11.6. The summed E-state index contributed by atoms with van der Waals surface area (Å²) in [6, 6.07) is 0. The first-order valence-corrected chi connectivity index (χ1v) is 8.76. The van der Waals surface area contributed by atoms with Crippen LogP contribution in [0.1, 0.15) is 0 Å². The summed E-state index contributed by atoms with van der Waals surface area (Å²) in [6.07, 6.45) is -3.61. The van der Waals surface area contributed by atoms with E-state index < -0.39 is 54.9 Å². The average Bonchev–Trinajstić information content (AvgIpc) is 2.66. The van der Waals surface area contributed by atoms with Gasteiger partial charge >= 0.3 is 23.9 Å². The van der Waals surface area contributed by atoms with Crippen LogP contribution in [0.3, 0.4) is 0 Å². The van der Waals surface area contributed by atoms with Gasteiger partial charge in [-0.25, -0.2) is 19.2 Å². The average molecular weight is 440 g/mol. The second-order valence-corrected chi connectivity index (χ2v) is 5.78. The van der Waals surface area contributed by atoms with Crippen molar-refractivity contribution in [2.75, 3.05) is 59.5 Å². The summed E-state index contributed by atoms with van der Waals surface area (Å²) in [6.45, 7) is -2.16. The molecule has 1 aliphatic rings. The first-order chi connectivity index (χ1) is 14.2. The van der Waals surface area contributed by atoms with E-state index in [0.717, 1.165) is 0 Å². The van der Waals surface area contributed by atoms with Crippen molar-refractivity contribution >= 4 is 23.9 Å². The standard InChI is InChI=1S/C16H24O14/c17-12(18)10-9-27-2-1-25-5-8-30-16(14(21)22,15(23)24)11(13(19)20)29-7-4-26-3-6-28-10/h10-11H,1-9H2,(H,17,18)(H,19,20)(H,21,22)(H,23,24). The Bertz CT molecular complexity index is 576. The zero-order chi connectivity index (χ0) is 22.6. The minimum atomic E-state index is -3.21. The molecule has 1 fully saturated rings. The molecular formula is C16H24O14. The van der Waals surface area contributed by atoms with Crippen LogP contribution in [-0.4, -0.2) is 122 Å². The van der Waals surface area contributed by atoms with Crippen LogP contribution in [0.4, 0.5) is 0 Å². The third kappa shape index (κ3) is 7.47. The fourth-order valence-electron chi connectivity index (χ4n) is 2.32. The van der Waals surface area contributed by atoms with Crippen molar-refractivity contribution in [1.29, 1.82) is 0 Å². The zero-order valence-corrected chi connectivity index (χ0v) is 15.9. The lowest BCUT2D eigenvalue weighted by molar-refractivity contribution is -0.213. The molecule has 4 N–H and O–H groups in total. The van der Waals surface area contributed by atoms with Crippen molar-refractivity contribution < 1.29 is 68.0 Å². The number of ether oxygens (including phenoxy) is 6. The van der Waals surface area contributed by atoms with Crippen LogP contribution >= 0.6 is 0 Å². The van der Waals surface area contributed by atoms with Crippen LogP contribution in [0.15, 0.2) is 0 Å². The molecule has 0 aromatic rings. The first-order valence-electron chi connectivity index (χ1n) is 8.76. The van der Waals surface area contributed by atoms with E-state index in [4.69, 9.17) is 33.5 Å². The highest BCUT2D eigenvalue weighted by Crippen LogP contribution is 2.22. The Hall–Kier alpha value is -2.36. The summed E-state index contributed by atoms with van der Waals surface area (Å²) < 4.78 is 30.3. The molecule has 0 radical (unpaired) electrons. The van der Waals surface area contributed by atoms with Gasteiger partial charge in [-0.1, -0.05) is 0 Å². The number of carbonyl (C=O) groups is 4. The third-order valence-electron chi connectivity index (χ3n) is 3.76. The molecule has 0 spiro atoms. The molecule has 2 unspecified atom stereocenters. The van der Waals surface area contributed by atoms with E-state index in [2.05, 4.69) is 0 Å². The van der Waals surface area contributed by atoms with Crippen LogP contribution in [0.2, 0.25) is 0 Å². The molecule has 1 aliphatic heterocycles. The Morgan fingerprint density at radius 1 is 0.633 bits per heavy atom. The number of hydrogen-bond acceptors (Lipinski definition) is 10. The molecule has 1 saturated heterocycles. The molecule has 30 heavy (non-hydrogen) atoms. The van der Waals surface area contributed by atoms with Crippen molar-refractivity contribution in [3.63, 3.8) is 0 Å². The Labute approximate surface area is 170 Å². The van der Waals surface area contributed by atoms with Gasteiger partial charge in [0, 0.05) is 0 Å². The van der Waals surface area contributed by atoms with Gasteiger partial charge in [-0.15, -0.1) is 0 Å². The molecule has 0 aromatic heterocycles. The molecule has 172 valence electrons. The second kappa shape index (κ2) is 13.0. The zero-order valence-electron chi connectivity index (χ0n) is 15.9. The number of carboxylic acid groups (broad SMARTS) is 4. The van der Waals surface area contributed by atoms with Gasteiger partial charge in [0.1, 0.15) is 0 Å². The van der Waals surface area contributed by atoms with Crippen molar-refractivity contribution in [1.82, 2.24) is 0 Å². The first kappa shape index (κ1) is 25.7. The van der Waals surface area contributed by atoms with E-state index in [1.807, 2.05) is 0 Å². The Morgan fingerprint density at radius 3 is 1.67 bits per heavy atom. The number of hydrogen-bond donors (Lipinski definition) is 4. The lowest BCUT2D eigenvalue weighted by Gasteiger charge is -2.30. The molecule has 0 amide bonds. The highest BCUT2D eigenvalue weighted by molar-refractivity contribution is 6.06. The molecule has 0 saturated carbocycles. The predicted molar refractivity (Wildman–Crippen MR) is 91.2 cm³/mol. The minimum absolute atomic E-state index is 0.0342. The summed E-state index contributed by atoms with van der Waals surface area (Å²) in [5.41, 5.74) is -3.21. The van der Waals surface area contributed by atoms with Gasteiger partial charge in [-0.05, 0) is 0 Å². The van der Waals surface area contributed by atoms with Crippen molar-refractivity contribution in [2.45, 2.75) is 17.8 Å². The minimum Gasteiger partial charge on any atom is -0.479 e. The molecular weight excluding hydrogens is 416 g/mol. The molecule has 0 aliphatic carbocycles. The fraction of sp³-hybridized carbons (Fsp3) is 0.750. The summed E-state index contributed by atoms with van der Waals surface area (Å²) in [5, 5.41) is 37.2. The van der Waals surface area contributed by atoms with Crippen molar-refractivity contribution in [3.05, 3.63) is 0 Å². The quantitative estimate of drug-likeness (QED) is 0.346. The van der Waals surface area contributed by atoms with Gasteiger partial charge in [-0.3, -0.25) is 0 Å². The Morgan fingerprint density at radius 2 is 1.13 bits per heavy atom. The normalized spacial score (nSPS) is 25.3. The van der Waals surface area contributed by atoms with Gasteiger partial charge in [-0.2, -0.15) is 0 Å². The van der Waals surface area contributed by atoms with E-state index >= 15 is 0 Å². The summed E-state index contributed by atoms with van der Waals surface area (Å²) in [7, 11) is 0. The second-order valence-electron chi connectivity index (χ2n) is 5.78. The maximum atomic E-state index is 11.6. The third-order valence-corrected chi connectivity index (χ3v) is 3.76. The summed E-state index contributed by atoms with van der Waals surface area (Å²) in [5.74, 6) is -7.22. The molecule has 14 nitrogen and oxygen atoms in total. The van der Waals surface area contributed by atoms with Gasteiger partial charge < -0.3 is 48.8 Å². The monoisotopic (exact) mass is 440 g/mol. The molecule has 0 aromatic carbocycles. The molecule has 2 atom stereocenters. The molecule has 14 heteroatoms. The van der Waals surface area contributed by atoms with Gasteiger partial charge in [0.25, 0.3) is 5.60 Å².